The number of urea groups is 1. The fraction of sp³-hybridized carbons (Fsp3) is 0.222. The Hall–Kier alpha value is -3.62. The van der Waals surface area contributed by atoms with Gasteiger partial charge >= 0.3 is 6.03 Å². The zero-order valence-electron chi connectivity index (χ0n) is 14.7. The predicted molar refractivity (Wildman–Crippen MR) is 93.1 cm³/mol. The van der Waals surface area contributed by atoms with Gasteiger partial charge in [0.05, 0.1) is 11.8 Å². The third-order valence-electron chi connectivity index (χ3n) is 4.35. The average Bonchev–Trinajstić information content (AvgIpc) is 3.18. The van der Waals surface area contributed by atoms with Crippen molar-refractivity contribution in [3.63, 3.8) is 0 Å². The molecule has 0 aliphatic carbocycles. The monoisotopic (exact) mass is 370 g/mol. The van der Waals surface area contributed by atoms with E-state index in [9.17, 15) is 19.2 Å². The maximum atomic E-state index is 12.7. The van der Waals surface area contributed by atoms with Crippen molar-refractivity contribution in [3.8, 4) is 0 Å². The first-order valence-corrected chi connectivity index (χ1v) is 8.16. The number of carbonyl (C=O) groups excluding carboxylic acids is 4. The summed E-state index contributed by atoms with van der Waals surface area (Å²) in [6, 6.07) is 9.51. The predicted octanol–water partition coefficient (Wildman–Crippen LogP) is 0.816. The molecular formula is C18H18N4O5. The van der Waals surface area contributed by atoms with E-state index in [2.05, 4.69) is 16.2 Å². The number of nitrogens with one attached hydrogen (secondary N) is 3. The number of hydrazine groups is 1. The van der Waals surface area contributed by atoms with Gasteiger partial charge in [0.1, 0.15) is 17.8 Å². The number of rotatable bonds is 4. The van der Waals surface area contributed by atoms with Crippen molar-refractivity contribution in [3.05, 3.63) is 59.5 Å². The van der Waals surface area contributed by atoms with Gasteiger partial charge in [-0.1, -0.05) is 30.3 Å². The van der Waals surface area contributed by atoms with Crippen LogP contribution in [0, 0.1) is 6.92 Å². The third-order valence-corrected chi connectivity index (χ3v) is 4.35. The number of hydrogen-bond donors (Lipinski definition) is 3. The minimum Gasteiger partial charge on any atom is -0.469 e. The second-order valence-corrected chi connectivity index (χ2v) is 6.21. The van der Waals surface area contributed by atoms with Gasteiger partial charge in [-0.05, 0) is 25.5 Å². The van der Waals surface area contributed by atoms with Crippen LogP contribution in [0.4, 0.5) is 4.79 Å². The number of nitrogens with zero attached hydrogens (tertiary/aromatic N) is 1. The molecule has 1 saturated heterocycles. The Labute approximate surface area is 154 Å². The summed E-state index contributed by atoms with van der Waals surface area (Å²) in [6.45, 7) is 2.65. The summed E-state index contributed by atoms with van der Waals surface area (Å²) in [4.78, 5) is 49.7. The summed E-state index contributed by atoms with van der Waals surface area (Å²) in [5.74, 6) is -1.44. The number of hydrogen-bond acceptors (Lipinski definition) is 5. The van der Waals surface area contributed by atoms with Crippen LogP contribution in [0.25, 0.3) is 0 Å². The van der Waals surface area contributed by atoms with Gasteiger partial charge in [-0.2, -0.15) is 0 Å². The van der Waals surface area contributed by atoms with Crippen molar-refractivity contribution < 1.29 is 23.6 Å². The van der Waals surface area contributed by atoms with Gasteiger partial charge in [0.15, 0.2) is 0 Å². The second kappa shape index (κ2) is 6.94. The first kappa shape index (κ1) is 18.2. The van der Waals surface area contributed by atoms with Crippen molar-refractivity contribution >= 4 is 23.8 Å². The molecule has 1 aromatic heterocycles. The minimum atomic E-state index is -1.25. The summed E-state index contributed by atoms with van der Waals surface area (Å²) in [5, 5.41) is 2.60. The Morgan fingerprint density at radius 1 is 1.15 bits per heavy atom. The molecule has 9 heteroatoms. The second-order valence-electron chi connectivity index (χ2n) is 6.21. The number of amides is 5. The van der Waals surface area contributed by atoms with Crippen LogP contribution >= 0.6 is 0 Å². The zero-order chi connectivity index (χ0) is 19.6. The highest BCUT2D eigenvalue weighted by Crippen LogP contribution is 2.28. The van der Waals surface area contributed by atoms with Crippen LogP contribution in [0.3, 0.4) is 0 Å². The van der Waals surface area contributed by atoms with Gasteiger partial charge in [0.25, 0.3) is 17.7 Å². The third kappa shape index (κ3) is 3.39. The highest BCUT2D eigenvalue weighted by Gasteiger charge is 2.49. The number of aryl methyl sites for hydroxylation is 1. The molecule has 1 fully saturated rings. The van der Waals surface area contributed by atoms with Crippen LogP contribution < -0.4 is 16.2 Å². The molecule has 3 rings (SSSR count). The van der Waals surface area contributed by atoms with E-state index in [0.717, 1.165) is 4.90 Å². The Morgan fingerprint density at radius 3 is 2.48 bits per heavy atom. The average molecular weight is 370 g/mol. The van der Waals surface area contributed by atoms with Crippen molar-refractivity contribution in [2.75, 3.05) is 6.54 Å². The van der Waals surface area contributed by atoms with Gasteiger partial charge in [-0.3, -0.25) is 30.1 Å². The van der Waals surface area contributed by atoms with Crippen LogP contribution in [-0.4, -0.2) is 35.2 Å². The molecule has 2 aromatic rings. The zero-order valence-corrected chi connectivity index (χ0v) is 14.7. The van der Waals surface area contributed by atoms with Crippen LogP contribution in [-0.2, 0) is 15.1 Å². The first-order chi connectivity index (χ1) is 12.8. The highest BCUT2D eigenvalue weighted by molar-refractivity contribution is 6.09. The van der Waals surface area contributed by atoms with E-state index in [1.807, 2.05) is 0 Å². The Balaban J connectivity index is 1.63. The number of imide groups is 1. The SMILES string of the molecule is Cc1occc1C(=O)NNC(=O)CN1C(=O)N[C@](C)(c2ccccc2)C1=O. The van der Waals surface area contributed by atoms with Gasteiger partial charge in [-0.15, -0.1) is 0 Å². The number of benzene rings is 1. The van der Waals surface area contributed by atoms with Crippen LogP contribution in [0.15, 0.2) is 47.1 Å². The van der Waals surface area contributed by atoms with Crippen molar-refractivity contribution in [1.82, 2.24) is 21.1 Å². The lowest BCUT2D eigenvalue weighted by molar-refractivity contribution is -0.135. The Morgan fingerprint density at radius 2 is 1.85 bits per heavy atom. The molecule has 1 aliphatic heterocycles. The summed E-state index contributed by atoms with van der Waals surface area (Å²) >= 11 is 0. The first-order valence-electron chi connectivity index (χ1n) is 8.16. The summed E-state index contributed by atoms with van der Waals surface area (Å²) < 4.78 is 5.01. The molecule has 1 aliphatic rings. The van der Waals surface area contributed by atoms with Gasteiger partial charge in [-0.25, -0.2) is 4.79 Å². The molecular weight excluding hydrogens is 352 g/mol. The van der Waals surface area contributed by atoms with E-state index in [1.165, 1.54) is 12.3 Å². The largest absolute Gasteiger partial charge is 0.469 e. The molecule has 0 bridgehead atoms. The molecule has 3 N–H and O–H groups in total. The van der Waals surface area contributed by atoms with E-state index in [4.69, 9.17) is 4.42 Å². The quantitative estimate of drug-likeness (QED) is 0.543. The fourth-order valence-electron chi connectivity index (χ4n) is 2.81. The number of furan rings is 1. The topological polar surface area (TPSA) is 121 Å². The van der Waals surface area contributed by atoms with E-state index in [-0.39, 0.29) is 5.56 Å². The maximum absolute atomic E-state index is 12.7. The summed E-state index contributed by atoms with van der Waals surface area (Å²) in [6.07, 6.45) is 1.35. The normalized spacial score (nSPS) is 19.0. The molecule has 1 atom stereocenters. The number of carbonyl (C=O) groups is 4. The van der Waals surface area contributed by atoms with E-state index < -0.39 is 35.8 Å². The van der Waals surface area contributed by atoms with Crippen molar-refractivity contribution in [2.24, 2.45) is 0 Å². The van der Waals surface area contributed by atoms with Crippen LogP contribution in [0.5, 0.6) is 0 Å². The van der Waals surface area contributed by atoms with Gasteiger partial charge in [0.2, 0.25) is 0 Å². The Bertz CT molecular complexity index is 907. The smallest absolute Gasteiger partial charge is 0.325 e. The molecule has 2 heterocycles. The molecule has 1 aromatic carbocycles. The van der Waals surface area contributed by atoms with E-state index >= 15 is 0 Å². The molecule has 140 valence electrons. The standard InChI is InChI=1S/C18H18N4O5/c1-11-13(8-9-27-11)15(24)21-20-14(23)10-22-16(25)18(2,19-17(22)26)12-6-4-3-5-7-12/h3-9H,10H2,1-2H3,(H,19,26)(H,20,23)(H,21,24)/t18-/m1/s1. The lowest BCUT2D eigenvalue weighted by Crippen LogP contribution is -2.48. The molecule has 0 radical (unpaired) electrons. The summed E-state index contributed by atoms with van der Waals surface area (Å²) in [5.41, 5.74) is 4.01. The molecule has 9 nitrogen and oxygen atoms in total. The van der Waals surface area contributed by atoms with Gasteiger partial charge in [0, 0.05) is 0 Å². The van der Waals surface area contributed by atoms with Crippen molar-refractivity contribution in [1.29, 1.82) is 0 Å². The fourth-order valence-corrected chi connectivity index (χ4v) is 2.81. The Kier molecular flexibility index (Phi) is 4.68. The molecule has 0 spiro atoms. The van der Waals surface area contributed by atoms with E-state index in [1.54, 1.807) is 44.2 Å². The van der Waals surface area contributed by atoms with Crippen LogP contribution in [0.1, 0.15) is 28.6 Å². The van der Waals surface area contributed by atoms with E-state index in [0.29, 0.717) is 11.3 Å². The maximum Gasteiger partial charge on any atom is 0.325 e. The van der Waals surface area contributed by atoms with Crippen LogP contribution in [0.2, 0.25) is 0 Å². The summed E-state index contributed by atoms with van der Waals surface area (Å²) in [7, 11) is 0. The highest BCUT2D eigenvalue weighted by atomic mass is 16.3. The molecule has 5 amide bonds. The lowest BCUT2D eigenvalue weighted by atomic mass is 9.92. The molecule has 27 heavy (non-hydrogen) atoms. The molecule has 0 unspecified atom stereocenters. The van der Waals surface area contributed by atoms with Crippen molar-refractivity contribution in [2.45, 2.75) is 19.4 Å². The van der Waals surface area contributed by atoms with Gasteiger partial charge < -0.3 is 9.73 Å². The lowest BCUT2D eigenvalue weighted by Gasteiger charge is -2.22. The molecule has 0 saturated carbocycles. The minimum absolute atomic E-state index is 0.266.